The quantitative estimate of drug-likeness (QED) is 0.683. The first-order valence-electron chi connectivity index (χ1n) is 10.2. The van der Waals surface area contributed by atoms with E-state index in [0.717, 1.165) is 43.2 Å². The fourth-order valence-corrected chi connectivity index (χ4v) is 4.47. The van der Waals surface area contributed by atoms with Gasteiger partial charge in [0.15, 0.2) is 0 Å². The Morgan fingerprint density at radius 3 is 2.81 bits per heavy atom. The molecule has 1 saturated carbocycles. The van der Waals surface area contributed by atoms with Gasteiger partial charge in [-0.05, 0) is 48.6 Å². The molecule has 140 valence electrons. The molecule has 1 aliphatic heterocycles. The smallest absolute Gasteiger partial charge is 0.119 e. The monoisotopic (exact) mass is 352 g/mol. The van der Waals surface area contributed by atoms with E-state index in [1.165, 1.54) is 32.5 Å². The second-order valence-electron chi connectivity index (χ2n) is 8.49. The molecule has 1 aromatic rings. The topological polar surface area (TPSA) is 24.5 Å². The van der Waals surface area contributed by atoms with Crippen molar-refractivity contribution in [3.63, 3.8) is 0 Å². The molecule has 0 radical (unpaired) electrons. The van der Waals surface area contributed by atoms with Crippen molar-refractivity contribution in [1.82, 2.24) is 10.2 Å². The second kappa shape index (κ2) is 7.98. The van der Waals surface area contributed by atoms with E-state index in [4.69, 9.17) is 4.74 Å². The average molecular weight is 353 g/mol. The van der Waals surface area contributed by atoms with Crippen molar-refractivity contribution in [3.05, 3.63) is 54.6 Å². The van der Waals surface area contributed by atoms with E-state index >= 15 is 0 Å². The lowest BCUT2D eigenvalue weighted by Crippen LogP contribution is -2.51. The number of hydrogen-bond acceptors (Lipinski definition) is 3. The van der Waals surface area contributed by atoms with Gasteiger partial charge in [0.25, 0.3) is 0 Å². The Morgan fingerprint density at radius 1 is 1.19 bits per heavy atom. The first-order chi connectivity index (χ1) is 12.7. The molecule has 3 heteroatoms. The van der Waals surface area contributed by atoms with Crippen LogP contribution in [0.15, 0.2) is 54.6 Å². The Morgan fingerprint density at radius 2 is 2.04 bits per heavy atom. The van der Waals surface area contributed by atoms with Gasteiger partial charge in [-0.3, -0.25) is 0 Å². The summed E-state index contributed by atoms with van der Waals surface area (Å²) in [5, 5.41) is 3.83. The summed E-state index contributed by atoms with van der Waals surface area (Å²) >= 11 is 0. The van der Waals surface area contributed by atoms with E-state index < -0.39 is 0 Å². The summed E-state index contributed by atoms with van der Waals surface area (Å²) in [7, 11) is 0. The summed E-state index contributed by atoms with van der Waals surface area (Å²) in [6.45, 7) is 8.07. The molecule has 2 aliphatic carbocycles. The molecule has 26 heavy (non-hydrogen) atoms. The molecule has 3 aliphatic rings. The van der Waals surface area contributed by atoms with E-state index in [2.05, 4.69) is 41.4 Å². The fourth-order valence-electron chi connectivity index (χ4n) is 4.47. The molecule has 1 saturated heterocycles. The van der Waals surface area contributed by atoms with Crippen LogP contribution in [0.4, 0.5) is 0 Å². The Kier molecular flexibility index (Phi) is 5.46. The van der Waals surface area contributed by atoms with Crippen LogP contribution in [0.2, 0.25) is 0 Å². The maximum atomic E-state index is 5.77. The lowest BCUT2D eigenvalue weighted by molar-refractivity contribution is 0.0918. The first-order valence-corrected chi connectivity index (χ1v) is 10.2. The van der Waals surface area contributed by atoms with Gasteiger partial charge in [0.2, 0.25) is 0 Å². The Bertz CT molecular complexity index is 635. The van der Waals surface area contributed by atoms with Gasteiger partial charge >= 0.3 is 0 Å². The number of benzene rings is 1. The highest BCUT2D eigenvalue weighted by Gasteiger charge is 2.48. The molecule has 1 N–H and O–H groups in total. The van der Waals surface area contributed by atoms with E-state index in [9.17, 15) is 0 Å². The van der Waals surface area contributed by atoms with Gasteiger partial charge in [-0.25, -0.2) is 0 Å². The van der Waals surface area contributed by atoms with Crippen LogP contribution in [0.1, 0.15) is 26.2 Å². The molecule has 0 bridgehead atoms. The van der Waals surface area contributed by atoms with E-state index in [-0.39, 0.29) is 0 Å². The van der Waals surface area contributed by atoms with Crippen molar-refractivity contribution < 1.29 is 4.74 Å². The van der Waals surface area contributed by atoms with Gasteiger partial charge in [0.05, 0.1) is 6.61 Å². The fraction of sp³-hybridized carbons (Fsp3) is 0.565. The van der Waals surface area contributed by atoms with Crippen molar-refractivity contribution in [1.29, 1.82) is 0 Å². The predicted molar refractivity (Wildman–Crippen MR) is 107 cm³/mol. The third-order valence-corrected chi connectivity index (χ3v) is 6.25. The number of rotatable bonds is 9. The van der Waals surface area contributed by atoms with E-state index in [1.807, 2.05) is 30.3 Å². The lowest BCUT2D eigenvalue weighted by atomic mass is 9.79. The van der Waals surface area contributed by atoms with Crippen LogP contribution in [0.5, 0.6) is 5.75 Å². The number of nitrogens with one attached hydrogen (secondary N) is 1. The molecular formula is C23H32N2O. The molecule has 2 fully saturated rings. The summed E-state index contributed by atoms with van der Waals surface area (Å²) in [4.78, 5) is 2.56. The third-order valence-electron chi connectivity index (χ3n) is 6.25. The SMILES string of the molecule is CC1([C@@H]2C[C@H]2NCC2CN(CCCOc3ccccc3)C2)C=CC=CC1. The minimum Gasteiger partial charge on any atom is -0.494 e. The van der Waals surface area contributed by atoms with Gasteiger partial charge < -0.3 is 15.0 Å². The highest BCUT2D eigenvalue weighted by molar-refractivity contribution is 5.21. The molecule has 0 amide bonds. The minimum absolute atomic E-state index is 0.386. The van der Waals surface area contributed by atoms with Crippen LogP contribution in [0, 0.1) is 17.3 Å². The minimum atomic E-state index is 0.386. The number of ether oxygens (including phenoxy) is 1. The van der Waals surface area contributed by atoms with Gasteiger partial charge in [-0.2, -0.15) is 0 Å². The number of hydrogen-bond donors (Lipinski definition) is 1. The summed E-state index contributed by atoms with van der Waals surface area (Å²) in [5.74, 6) is 2.64. The van der Waals surface area contributed by atoms with Crippen molar-refractivity contribution in [3.8, 4) is 5.75 Å². The molecular weight excluding hydrogens is 320 g/mol. The van der Waals surface area contributed by atoms with Crippen molar-refractivity contribution in [2.75, 3.05) is 32.8 Å². The van der Waals surface area contributed by atoms with Crippen LogP contribution in [0.25, 0.3) is 0 Å². The maximum absolute atomic E-state index is 5.77. The molecule has 4 rings (SSSR count). The van der Waals surface area contributed by atoms with Gasteiger partial charge in [-0.1, -0.05) is 49.4 Å². The number of allylic oxidation sites excluding steroid dienone is 4. The normalized spacial score (nSPS) is 31.0. The molecule has 1 unspecified atom stereocenters. The maximum Gasteiger partial charge on any atom is 0.119 e. The van der Waals surface area contributed by atoms with Crippen LogP contribution < -0.4 is 10.1 Å². The number of likely N-dealkylation sites (tertiary alicyclic amines) is 1. The lowest BCUT2D eigenvalue weighted by Gasteiger charge is -2.39. The third kappa shape index (κ3) is 4.39. The van der Waals surface area contributed by atoms with Crippen molar-refractivity contribution in [2.24, 2.45) is 17.3 Å². The van der Waals surface area contributed by atoms with E-state index in [0.29, 0.717) is 5.41 Å². The van der Waals surface area contributed by atoms with Gasteiger partial charge in [-0.15, -0.1) is 0 Å². The first kappa shape index (κ1) is 17.8. The summed E-state index contributed by atoms with van der Waals surface area (Å²) in [5.41, 5.74) is 0.386. The van der Waals surface area contributed by atoms with Gasteiger partial charge in [0.1, 0.15) is 5.75 Å². The number of nitrogens with zero attached hydrogens (tertiary/aromatic N) is 1. The van der Waals surface area contributed by atoms with Crippen LogP contribution >= 0.6 is 0 Å². The van der Waals surface area contributed by atoms with Crippen LogP contribution in [-0.2, 0) is 0 Å². The zero-order valence-corrected chi connectivity index (χ0v) is 15.9. The molecule has 0 spiro atoms. The Balaban J connectivity index is 1.05. The predicted octanol–water partition coefficient (Wildman–Crippen LogP) is 3.89. The summed E-state index contributed by atoms with van der Waals surface area (Å²) in [6, 6.07) is 10.9. The standard InChI is InChI=1S/C23H32N2O/c1-23(11-6-3-7-12-23)21-15-22(21)24-16-19-17-25(18-19)13-8-14-26-20-9-4-2-5-10-20/h2-7,9-11,19,21-22,24H,8,12-18H2,1H3/t21-,22-,23?/m1/s1. The molecule has 0 aromatic heterocycles. The molecule has 3 nitrogen and oxygen atoms in total. The van der Waals surface area contributed by atoms with Crippen molar-refractivity contribution >= 4 is 0 Å². The summed E-state index contributed by atoms with van der Waals surface area (Å²) in [6.07, 6.45) is 12.8. The molecule has 1 aromatic carbocycles. The Labute approximate surface area is 158 Å². The van der Waals surface area contributed by atoms with Crippen LogP contribution in [-0.4, -0.2) is 43.7 Å². The largest absolute Gasteiger partial charge is 0.494 e. The zero-order valence-electron chi connectivity index (χ0n) is 15.9. The average Bonchev–Trinajstić information content (AvgIpc) is 3.41. The summed E-state index contributed by atoms with van der Waals surface area (Å²) < 4.78 is 5.77. The molecule has 1 heterocycles. The highest BCUT2D eigenvalue weighted by atomic mass is 16.5. The second-order valence-corrected chi connectivity index (χ2v) is 8.49. The number of para-hydroxylation sites is 1. The highest BCUT2D eigenvalue weighted by Crippen LogP contribution is 2.50. The van der Waals surface area contributed by atoms with Crippen LogP contribution in [0.3, 0.4) is 0 Å². The zero-order chi connectivity index (χ0) is 17.8. The van der Waals surface area contributed by atoms with Gasteiger partial charge in [0, 0.05) is 32.2 Å². The molecule has 3 atom stereocenters. The Hall–Kier alpha value is -1.58. The van der Waals surface area contributed by atoms with Crippen molar-refractivity contribution in [2.45, 2.75) is 32.2 Å². The van der Waals surface area contributed by atoms with E-state index in [1.54, 1.807) is 0 Å².